The van der Waals surface area contributed by atoms with Crippen molar-refractivity contribution < 1.29 is 14.3 Å². The highest BCUT2D eigenvalue weighted by Gasteiger charge is 2.16. The van der Waals surface area contributed by atoms with E-state index in [1.165, 1.54) is 0 Å². The van der Waals surface area contributed by atoms with Crippen molar-refractivity contribution in [1.29, 1.82) is 0 Å². The highest BCUT2D eigenvalue weighted by molar-refractivity contribution is 6.16. The molecule has 0 N–H and O–H groups in total. The molecule has 4 nitrogen and oxygen atoms in total. The molecular weight excluding hydrogens is 410 g/mol. The zero-order valence-corrected chi connectivity index (χ0v) is 18.8. The van der Waals surface area contributed by atoms with Crippen molar-refractivity contribution in [3.63, 3.8) is 0 Å². The van der Waals surface area contributed by atoms with E-state index in [0.717, 1.165) is 32.6 Å². The number of fused-ring (bicyclic) bond motifs is 4. The van der Waals surface area contributed by atoms with Gasteiger partial charge in [-0.2, -0.15) is 0 Å². The fourth-order valence-electron chi connectivity index (χ4n) is 4.50. The monoisotopic (exact) mass is 435 g/mol. The fraction of sp³-hybridized carbons (Fsp3) is 0.172. The largest absolute Gasteiger partial charge is 0.380 e. The summed E-state index contributed by atoms with van der Waals surface area (Å²) in [6.07, 6.45) is 0. The van der Waals surface area contributed by atoms with Gasteiger partial charge >= 0.3 is 0 Å². The van der Waals surface area contributed by atoms with E-state index >= 15 is 0 Å². The minimum atomic E-state index is -0.0133. The molecule has 1 heterocycles. The van der Waals surface area contributed by atoms with Gasteiger partial charge in [-0.15, -0.1) is 0 Å². The molecular formula is C29H25NO3. The predicted octanol–water partition coefficient (Wildman–Crippen LogP) is 6.42. The Bertz CT molecular complexity index is 1530. The number of ketones is 2. The van der Waals surface area contributed by atoms with Crippen molar-refractivity contribution in [2.45, 2.75) is 20.4 Å². The molecule has 4 aromatic carbocycles. The van der Waals surface area contributed by atoms with Crippen LogP contribution in [-0.4, -0.2) is 29.3 Å². The smallest absolute Gasteiger partial charge is 0.193 e. The van der Waals surface area contributed by atoms with Crippen LogP contribution in [0.1, 0.15) is 40.1 Å². The number of carbonyl (C=O) groups is 2. The maximum absolute atomic E-state index is 13.4. The number of aromatic nitrogens is 1. The number of hydrogen-bond donors (Lipinski definition) is 0. The molecule has 0 fully saturated rings. The van der Waals surface area contributed by atoms with E-state index in [4.69, 9.17) is 4.74 Å². The van der Waals surface area contributed by atoms with E-state index in [1.807, 2.05) is 85.8 Å². The number of hydrogen-bond acceptors (Lipinski definition) is 3. The van der Waals surface area contributed by atoms with Crippen LogP contribution in [0.15, 0.2) is 78.9 Å². The van der Waals surface area contributed by atoms with Crippen molar-refractivity contribution in [3.05, 3.63) is 95.6 Å². The SMILES string of the molecule is CCOCCn1c2ccc(C(C)=O)cc2c2cc(C(=O)c3ccc4ccccc4c3)ccc21. The van der Waals surface area contributed by atoms with Crippen LogP contribution in [0.2, 0.25) is 0 Å². The number of benzene rings is 4. The summed E-state index contributed by atoms with van der Waals surface area (Å²) in [7, 11) is 0. The van der Waals surface area contributed by atoms with Crippen molar-refractivity contribution in [2.75, 3.05) is 13.2 Å². The van der Waals surface area contributed by atoms with E-state index in [-0.39, 0.29) is 11.6 Å². The number of nitrogens with zero attached hydrogens (tertiary/aromatic N) is 1. The van der Waals surface area contributed by atoms with Crippen molar-refractivity contribution in [3.8, 4) is 0 Å². The first-order valence-electron chi connectivity index (χ1n) is 11.2. The Hall–Kier alpha value is -3.76. The summed E-state index contributed by atoms with van der Waals surface area (Å²) in [6, 6.07) is 25.5. The maximum atomic E-state index is 13.4. The first kappa shape index (κ1) is 21.1. The standard InChI is InChI=1S/C29H25NO3/c1-3-33-15-14-30-27-12-10-21(19(2)31)17-25(27)26-18-24(11-13-28(26)30)29(32)23-9-8-20-6-4-5-7-22(20)16-23/h4-13,16-18H,3,14-15H2,1-2H3. The van der Waals surface area contributed by atoms with Crippen LogP contribution in [0.4, 0.5) is 0 Å². The summed E-state index contributed by atoms with van der Waals surface area (Å²) in [5.74, 6) is 0.0103. The van der Waals surface area contributed by atoms with Crippen LogP contribution in [0.3, 0.4) is 0 Å². The first-order chi connectivity index (χ1) is 16.1. The third-order valence-corrected chi connectivity index (χ3v) is 6.21. The number of rotatable bonds is 7. The second-order valence-corrected chi connectivity index (χ2v) is 8.26. The van der Waals surface area contributed by atoms with Crippen LogP contribution < -0.4 is 0 Å². The van der Waals surface area contributed by atoms with Gasteiger partial charge in [0.25, 0.3) is 0 Å². The summed E-state index contributed by atoms with van der Waals surface area (Å²) in [5.41, 5.74) is 4.02. The molecule has 33 heavy (non-hydrogen) atoms. The Morgan fingerprint density at radius 1 is 0.758 bits per heavy atom. The lowest BCUT2D eigenvalue weighted by Crippen LogP contribution is -2.06. The highest BCUT2D eigenvalue weighted by atomic mass is 16.5. The molecule has 0 radical (unpaired) electrons. The quantitative estimate of drug-likeness (QED) is 0.219. The van der Waals surface area contributed by atoms with E-state index in [0.29, 0.717) is 36.4 Å². The maximum Gasteiger partial charge on any atom is 0.193 e. The Morgan fingerprint density at radius 3 is 2.06 bits per heavy atom. The Balaban J connectivity index is 1.64. The minimum absolute atomic E-state index is 0.0133. The lowest BCUT2D eigenvalue weighted by atomic mass is 9.98. The molecule has 0 aliphatic rings. The lowest BCUT2D eigenvalue weighted by molar-refractivity contribution is 0.101. The lowest BCUT2D eigenvalue weighted by Gasteiger charge is -2.08. The van der Waals surface area contributed by atoms with Crippen LogP contribution in [0.25, 0.3) is 32.6 Å². The number of carbonyl (C=O) groups excluding carboxylic acids is 2. The molecule has 0 saturated heterocycles. The van der Waals surface area contributed by atoms with E-state index in [2.05, 4.69) is 4.57 Å². The van der Waals surface area contributed by atoms with E-state index in [9.17, 15) is 9.59 Å². The number of ether oxygens (including phenoxy) is 1. The average Bonchev–Trinajstić information content (AvgIpc) is 3.15. The van der Waals surface area contributed by atoms with Crippen LogP contribution >= 0.6 is 0 Å². The van der Waals surface area contributed by atoms with Gasteiger partial charge in [-0.25, -0.2) is 0 Å². The van der Waals surface area contributed by atoms with Gasteiger partial charge in [-0.3, -0.25) is 9.59 Å². The molecule has 0 spiro atoms. The summed E-state index contributed by atoms with van der Waals surface area (Å²) in [5, 5.41) is 4.10. The van der Waals surface area contributed by atoms with Gasteiger partial charge in [0.1, 0.15) is 0 Å². The molecule has 164 valence electrons. The summed E-state index contributed by atoms with van der Waals surface area (Å²) >= 11 is 0. The molecule has 1 aromatic heterocycles. The molecule has 0 aliphatic heterocycles. The van der Waals surface area contributed by atoms with E-state index in [1.54, 1.807) is 6.92 Å². The molecule has 0 atom stereocenters. The molecule has 0 saturated carbocycles. The van der Waals surface area contributed by atoms with Gasteiger partial charge in [0, 0.05) is 51.6 Å². The van der Waals surface area contributed by atoms with Crippen LogP contribution in [0.5, 0.6) is 0 Å². The van der Waals surface area contributed by atoms with Gasteiger partial charge in [0.2, 0.25) is 0 Å². The van der Waals surface area contributed by atoms with Crippen molar-refractivity contribution >= 4 is 44.1 Å². The normalized spacial score (nSPS) is 11.5. The van der Waals surface area contributed by atoms with Gasteiger partial charge in [0.15, 0.2) is 11.6 Å². The van der Waals surface area contributed by atoms with Crippen molar-refractivity contribution in [1.82, 2.24) is 4.57 Å². The van der Waals surface area contributed by atoms with Gasteiger partial charge in [0.05, 0.1) is 6.61 Å². The summed E-state index contributed by atoms with van der Waals surface area (Å²) in [6.45, 7) is 5.52. The Kier molecular flexibility index (Phi) is 5.53. The molecule has 5 rings (SSSR count). The van der Waals surface area contributed by atoms with Gasteiger partial charge in [-0.1, -0.05) is 36.4 Å². The Morgan fingerprint density at radius 2 is 1.36 bits per heavy atom. The zero-order valence-electron chi connectivity index (χ0n) is 18.8. The minimum Gasteiger partial charge on any atom is -0.380 e. The second-order valence-electron chi connectivity index (χ2n) is 8.26. The van der Waals surface area contributed by atoms with Crippen LogP contribution in [0, 0.1) is 0 Å². The van der Waals surface area contributed by atoms with E-state index < -0.39 is 0 Å². The molecule has 5 aromatic rings. The summed E-state index contributed by atoms with van der Waals surface area (Å²) < 4.78 is 7.80. The second kappa shape index (κ2) is 8.64. The third kappa shape index (κ3) is 3.83. The fourth-order valence-corrected chi connectivity index (χ4v) is 4.50. The molecule has 0 unspecified atom stereocenters. The molecule has 0 amide bonds. The number of Topliss-reactive ketones (excluding diaryl/α,β-unsaturated/α-hetero) is 1. The summed E-state index contributed by atoms with van der Waals surface area (Å²) in [4.78, 5) is 25.4. The predicted molar refractivity (Wildman–Crippen MR) is 133 cm³/mol. The van der Waals surface area contributed by atoms with Gasteiger partial charge < -0.3 is 9.30 Å². The third-order valence-electron chi connectivity index (χ3n) is 6.21. The molecule has 4 heteroatoms. The molecule has 0 aliphatic carbocycles. The van der Waals surface area contributed by atoms with Gasteiger partial charge in [-0.05, 0) is 67.1 Å². The highest BCUT2D eigenvalue weighted by Crippen LogP contribution is 2.31. The topological polar surface area (TPSA) is 48.3 Å². The molecule has 0 bridgehead atoms. The Labute approximate surface area is 192 Å². The van der Waals surface area contributed by atoms with Crippen molar-refractivity contribution in [2.24, 2.45) is 0 Å². The average molecular weight is 436 g/mol. The zero-order chi connectivity index (χ0) is 22.9. The first-order valence-corrected chi connectivity index (χ1v) is 11.2. The van der Waals surface area contributed by atoms with Crippen LogP contribution in [-0.2, 0) is 11.3 Å².